The van der Waals surface area contributed by atoms with Crippen molar-refractivity contribution in [2.24, 2.45) is 5.92 Å². The van der Waals surface area contributed by atoms with Crippen LogP contribution >= 0.6 is 0 Å². The number of hydrogen-bond acceptors (Lipinski definition) is 0. The topological polar surface area (TPSA) is 15.8 Å². The molecule has 1 N–H and O–H groups in total. The lowest BCUT2D eigenvalue weighted by atomic mass is 9.73. The maximum Gasteiger partial charge on any atom is 0.0459 e. The first-order valence-corrected chi connectivity index (χ1v) is 6.53. The molecule has 0 bridgehead atoms. The standard InChI is InChI=1S/C15H17N/c1-2-7-13-12(6-1)15-11(10-4-3-5-10)8-9-14(15)16-13/h1-2,6-7,10-11,16H,3-5,8-9H2. The van der Waals surface area contributed by atoms with Crippen molar-refractivity contribution >= 4 is 10.9 Å². The van der Waals surface area contributed by atoms with Gasteiger partial charge in [-0.1, -0.05) is 24.6 Å². The molecule has 82 valence electrons. The second-order valence-corrected chi connectivity index (χ2v) is 5.40. The van der Waals surface area contributed by atoms with Gasteiger partial charge in [0, 0.05) is 16.6 Å². The predicted molar refractivity (Wildman–Crippen MR) is 66.7 cm³/mol. The minimum atomic E-state index is 0.861. The molecule has 0 amide bonds. The van der Waals surface area contributed by atoms with Gasteiger partial charge in [-0.15, -0.1) is 0 Å². The van der Waals surface area contributed by atoms with Gasteiger partial charge in [-0.2, -0.15) is 0 Å². The molecule has 1 heteroatoms. The Balaban J connectivity index is 1.89. The Kier molecular flexibility index (Phi) is 1.73. The fourth-order valence-electron chi connectivity index (χ4n) is 3.60. The van der Waals surface area contributed by atoms with E-state index in [1.165, 1.54) is 48.7 Å². The Morgan fingerprint density at radius 1 is 1.06 bits per heavy atom. The number of benzene rings is 1. The lowest BCUT2D eigenvalue weighted by Crippen LogP contribution is -2.18. The lowest BCUT2D eigenvalue weighted by molar-refractivity contribution is 0.261. The molecular formula is C15H17N. The van der Waals surface area contributed by atoms with Crippen molar-refractivity contribution in [1.29, 1.82) is 0 Å². The van der Waals surface area contributed by atoms with Crippen molar-refractivity contribution in [2.75, 3.05) is 0 Å². The van der Waals surface area contributed by atoms with Crippen LogP contribution in [0.1, 0.15) is 42.9 Å². The summed E-state index contributed by atoms with van der Waals surface area (Å²) in [7, 11) is 0. The summed E-state index contributed by atoms with van der Waals surface area (Å²) in [6.07, 6.45) is 7.04. The molecular weight excluding hydrogens is 194 g/mol. The molecule has 1 heterocycles. The summed E-state index contributed by atoms with van der Waals surface area (Å²) in [4.78, 5) is 3.61. The zero-order valence-corrected chi connectivity index (χ0v) is 9.50. The van der Waals surface area contributed by atoms with Crippen LogP contribution in [0.2, 0.25) is 0 Å². The predicted octanol–water partition coefficient (Wildman–Crippen LogP) is 4.00. The largest absolute Gasteiger partial charge is 0.358 e. The van der Waals surface area contributed by atoms with Crippen LogP contribution in [0.3, 0.4) is 0 Å². The van der Waals surface area contributed by atoms with Gasteiger partial charge in [0.05, 0.1) is 0 Å². The highest BCUT2D eigenvalue weighted by Crippen LogP contribution is 2.48. The second-order valence-electron chi connectivity index (χ2n) is 5.40. The average Bonchev–Trinajstić information content (AvgIpc) is 2.75. The smallest absolute Gasteiger partial charge is 0.0459 e. The van der Waals surface area contributed by atoms with E-state index in [1.807, 2.05) is 0 Å². The molecule has 0 radical (unpaired) electrons. The van der Waals surface area contributed by atoms with E-state index in [-0.39, 0.29) is 0 Å². The third-order valence-electron chi connectivity index (χ3n) is 4.62. The molecule has 4 rings (SSSR count). The highest BCUT2D eigenvalue weighted by molar-refractivity contribution is 5.85. The van der Waals surface area contributed by atoms with Gasteiger partial charge in [-0.05, 0) is 49.1 Å². The van der Waals surface area contributed by atoms with E-state index in [0.717, 1.165) is 11.8 Å². The van der Waals surface area contributed by atoms with Crippen LogP contribution in [0.4, 0.5) is 0 Å². The zero-order chi connectivity index (χ0) is 10.5. The molecule has 1 aromatic heterocycles. The summed E-state index contributed by atoms with van der Waals surface area (Å²) in [6.45, 7) is 0. The summed E-state index contributed by atoms with van der Waals surface area (Å²) in [6, 6.07) is 8.81. The molecule has 2 aliphatic carbocycles. The van der Waals surface area contributed by atoms with Gasteiger partial charge in [0.1, 0.15) is 0 Å². The molecule has 0 spiro atoms. The summed E-state index contributed by atoms with van der Waals surface area (Å²) < 4.78 is 0. The third kappa shape index (κ3) is 1.06. The van der Waals surface area contributed by atoms with Crippen LogP contribution in [-0.4, -0.2) is 4.98 Å². The van der Waals surface area contributed by atoms with Gasteiger partial charge < -0.3 is 4.98 Å². The van der Waals surface area contributed by atoms with Crippen LogP contribution < -0.4 is 0 Å². The van der Waals surface area contributed by atoms with E-state index in [2.05, 4.69) is 29.2 Å². The molecule has 16 heavy (non-hydrogen) atoms. The minimum Gasteiger partial charge on any atom is -0.358 e. The van der Waals surface area contributed by atoms with Crippen LogP contribution in [-0.2, 0) is 6.42 Å². The van der Waals surface area contributed by atoms with E-state index in [9.17, 15) is 0 Å². The zero-order valence-electron chi connectivity index (χ0n) is 9.50. The fraction of sp³-hybridized carbons (Fsp3) is 0.467. The van der Waals surface area contributed by atoms with Crippen molar-refractivity contribution in [3.63, 3.8) is 0 Å². The third-order valence-corrected chi connectivity index (χ3v) is 4.62. The monoisotopic (exact) mass is 211 g/mol. The normalized spacial score (nSPS) is 24.6. The first-order valence-electron chi connectivity index (χ1n) is 6.53. The van der Waals surface area contributed by atoms with Gasteiger partial charge in [0.25, 0.3) is 0 Å². The Labute approximate surface area is 95.9 Å². The fourth-order valence-corrected chi connectivity index (χ4v) is 3.60. The van der Waals surface area contributed by atoms with Crippen molar-refractivity contribution in [1.82, 2.24) is 4.98 Å². The summed E-state index contributed by atoms with van der Waals surface area (Å²) >= 11 is 0. The Hall–Kier alpha value is -1.24. The maximum atomic E-state index is 3.61. The molecule has 2 aromatic rings. The summed E-state index contributed by atoms with van der Waals surface area (Å²) in [5, 5.41) is 1.49. The summed E-state index contributed by atoms with van der Waals surface area (Å²) in [5.74, 6) is 1.85. The van der Waals surface area contributed by atoms with Crippen LogP contribution in [0.25, 0.3) is 10.9 Å². The van der Waals surface area contributed by atoms with E-state index < -0.39 is 0 Å². The highest BCUT2D eigenvalue weighted by Gasteiger charge is 2.35. The maximum absolute atomic E-state index is 3.61. The van der Waals surface area contributed by atoms with Gasteiger partial charge in [-0.25, -0.2) is 0 Å². The van der Waals surface area contributed by atoms with E-state index in [0.29, 0.717) is 0 Å². The van der Waals surface area contributed by atoms with Gasteiger partial charge in [0.15, 0.2) is 0 Å². The van der Waals surface area contributed by atoms with Crippen molar-refractivity contribution in [2.45, 2.75) is 38.0 Å². The average molecular weight is 211 g/mol. The molecule has 1 atom stereocenters. The van der Waals surface area contributed by atoms with Gasteiger partial charge >= 0.3 is 0 Å². The number of aromatic amines is 1. The number of aromatic nitrogens is 1. The number of aryl methyl sites for hydroxylation is 1. The quantitative estimate of drug-likeness (QED) is 0.734. The van der Waals surface area contributed by atoms with Crippen molar-refractivity contribution in [3.8, 4) is 0 Å². The Bertz CT molecular complexity index is 533. The Morgan fingerprint density at radius 3 is 2.75 bits per heavy atom. The first kappa shape index (κ1) is 8.86. The van der Waals surface area contributed by atoms with Crippen molar-refractivity contribution in [3.05, 3.63) is 35.5 Å². The molecule has 1 nitrogen and oxygen atoms in total. The number of hydrogen-bond donors (Lipinski definition) is 1. The highest BCUT2D eigenvalue weighted by atomic mass is 14.7. The number of rotatable bonds is 1. The Morgan fingerprint density at radius 2 is 1.94 bits per heavy atom. The SMILES string of the molecule is c1ccc2c3c([nH]c2c1)CCC3C1CCC1. The van der Waals surface area contributed by atoms with E-state index in [4.69, 9.17) is 0 Å². The van der Waals surface area contributed by atoms with Gasteiger partial charge in [-0.3, -0.25) is 0 Å². The molecule has 0 aliphatic heterocycles. The van der Waals surface area contributed by atoms with Crippen LogP contribution in [0.15, 0.2) is 24.3 Å². The molecule has 1 fully saturated rings. The van der Waals surface area contributed by atoms with E-state index >= 15 is 0 Å². The van der Waals surface area contributed by atoms with E-state index in [1.54, 1.807) is 5.56 Å². The molecule has 2 aliphatic rings. The first-order chi connectivity index (χ1) is 7.93. The molecule has 1 unspecified atom stereocenters. The second kappa shape index (κ2) is 3.13. The van der Waals surface area contributed by atoms with Crippen LogP contribution in [0.5, 0.6) is 0 Å². The summed E-state index contributed by atoms with van der Waals surface area (Å²) in [5.41, 5.74) is 4.54. The number of H-pyrrole nitrogens is 1. The molecule has 1 saturated carbocycles. The minimum absolute atomic E-state index is 0.861. The lowest BCUT2D eigenvalue weighted by Gasteiger charge is -2.31. The number of fused-ring (bicyclic) bond motifs is 3. The van der Waals surface area contributed by atoms with Crippen molar-refractivity contribution < 1.29 is 0 Å². The molecule has 1 aromatic carbocycles. The van der Waals surface area contributed by atoms with Crippen LogP contribution in [0, 0.1) is 5.92 Å². The number of para-hydroxylation sites is 1. The number of nitrogens with one attached hydrogen (secondary N) is 1. The van der Waals surface area contributed by atoms with Gasteiger partial charge in [0.2, 0.25) is 0 Å². The molecule has 0 saturated heterocycles.